The van der Waals surface area contributed by atoms with Crippen LogP contribution in [0, 0.1) is 0 Å². The van der Waals surface area contributed by atoms with Crippen molar-refractivity contribution in [3.63, 3.8) is 0 Å². The van der Waals surface area contributed by atoms with E-state index in [4.69, 9.17) is 0 Å². The van der Waals surface area contributed by atoms with Crippen molar-refractivity contribution in [3.8, 4) is 0 Å². The molecule has 1 fully saturated rings. The smallest absolute Gasteiger partial charge is 0.293 e. The maximum Gasteiger partial charge on any atom is 0.293 e. The second-order valence-corrected chi connectivity index (χ2v) is 6.69. The summed E-state index contributed by atoms with van der Waals surface area (Å²) in [7, 11) is 0. The largest absolute Gasteiger partial charge is 0.465 e. The Kier molecular flexibility index (Phi) is 10.4. The summed E-state index contributed by atoms with van der Waals surface area (Å²) in [6, 6.07) is 12.8. The summed E-state index contributed by atoms with van der Waals surface area (Å²) in [5.41, 5.74) is 1.39. The molecule has 1 aromatic rings. The molecule has 136 valence electrons. The van der Waals surface area contributed by atoms with Crippen molar-refractivity contribution in [2.45, 2.75) is 84.2 Å². The molecule has 0 amide bonds. The van der Waals surface area contributed by atoms with E-state index in [1.54, 1.807) is 13.8 Å². The number of rotatable bonds is 7. The van der Waals surface area contributed by atoms with E-state index in [1.165, 1.54) is 31.2 Å². The van der Waals surface area contributed by atoms with Crippen LogP contribution in [0.1, 0.15) is 58.9 Å². The van der Waals surface area contributed by atoms with Gasteiger partial charge >= 0.3 is 0 Å². The van der Waals surface area contributed by atoms with Crippen molar-refractivity contribution < 1.29 is 9.53 Å². The first-order chi connectivity index (χ1) is 11.6. The number of carbonyl (C=O) groups is 1. The van der Waals surface area contributed by atoms with Crippen LogP contribution >= 0.6 is 0 Å². The highest BCUT2D eigenvalue weighted by molar-refractivity contribution is 5.37. The van der Waals surface area contributed by atoms with Crippen LogP contribution in [0.3, 0.4) is 0 Å². The predicted molar refractivity (Wildman–Crippen MR) is 99.9 cm³/mol. The standard InChI is InChI=1S/C16H26N2.C4H8O2/c1-3-14-10-16(11-15(4-2)18-14)17-12-13-8-6-5-7-9-13;1-4(2)6-3-5/h5-9,14-18H,3-4,10-12H2,1-2H3;3-4H,1-2H3. The van der Waals surface area contributed by atoms with Gasteiger partial charge in [-0.05, 0) is 45.1 Å². The van der Waals surface area contributed by atoms with Crippen LogP contribution in [-0.2, 0) is 16.1 Å². The van der Waals surface area contributed by atoms with E-state index >= 15 is 0 Å². The molecule has 0 radical (unpaired) electrons. The molecule has 2 rings (SSSR count). The van der Waals surface area contributed by atoms with E-state index in [9.17, 15) is 4.79 Å². The fourth-order valence-electron chi connectivity index (χ4n) is 2.96. The van der Waals surface area contributed by atoms with Crippen molar-refractivity contribution >= 4 is 6.47 Å². The molecule has 0 spiro atoms. The van der Waals surface area contributed by atoms with Gasteiger partial charge in [-0.1, -0.05) is 44.2 Å². The van der Waals surface area contributed by atoms with E-state index in [2.05, 4.69) is 59.5 Å². The third-order valence-corrected chi connectivity index (χ3v) is 4.36. The lowest BCUT2D eigenvalue weighted by molar-refractivity contribution is -0.131. The summed E-state index contributed by atoms with van der Waals surface area (Å²) in [6.07, 6.45) is 5.03. The van der Waals surface area contributed by atoms with Gasteiger partial charge in [-0.2, -0.15) is 0 Å². The first-order valence-corrected chi connectivity index (χ1v) is 9.21. The fraction of sp³-hybridized carbons (Fsp3) is 0.650. The number of benzene rings is 1. The summed E-state index contributed by atoms with van der Waals surface area (Å²) in [5.74, 6) is 0. The van der Waals surface area contributed by atoms with Crippen LogP contribution in [0.15, 0.2) is 30.3 Å². The minimum atomic E-state index is 0.0301. The Hall–Kier alpha value is -1.39. The molecule has 2 atom stereocenters. The first kappa shape index (κ1) is 20.7. The Balaban J connectivity index is 0.000000413. The van der Waals surface area contributed by atoms with Gasteiger partial charge in [0.15, 0.2) is 0 Å². The van der Waals surface area contributed by atoms with Crippen LogP contribution in [-0.4, -0.2) is 30.7 Å². The van der Waals surface area contributed by atoms with Crippen molar-refractivity contribution in [2.75, 3.05) is 0 Å². The molecule has 0 bridgehead atoms. The van der Waals surface area contributed by atoms with Crippen molar-refractivity contribution in [1.29, 1.82) is 0 Å². The molecule has 0 saturated carbocycles. The van der Waals surface area contributed by atoms with Crippen LogP contribution in [0.2, 0.25) is 0 Å². The minimum Gasteiger partial charge on any atom is -0.465 e. The number of carbonyl (C=O) groups excluding carboxylic acids is 1. The average Bonchev–Trinajstić information content (AvgIpc) is 2.61. The number of nitrogens with one attached hydrogen (secondary N) is 2. The highest BCUT2D eigenvalue weighted by atomic mass is 16.5. The number of hydrogen-bond acceptors (Lipinski definition) is 4. The molecule has 2 unspecified atom stereocenters. The van der Waals surface area contributed by atoms with E-state index in [0.29, 0.717) is 24.6 Å². The van der Waals surface area contributed by atoms with Gasteiger partial charge in [-0.25, -0.2) is 0 Å². The third kappa shape index (κ3) is 8.46. The number of ether oxygens (including phenoxy) is 1. The molecule has 1 aromatic carbocycles. The van der Waals surface area contributed by atoms with E-state index in [-0.39, 0.29) is 6.10 Å². The maximum atomic E-state index is 9.39. The van der Waals surface area contributed by atoms with Crippen LogP contribution < -0.4 is 10.6 Å². The lowest BCUT2D eigenvalue weighted by atomic mass is 9.91. The number of piperidine rings is 1. The minimum absolute atomic E-state index is 0.0301. The molecule has 1 aliphatic rings. The molecule has 1 heterocycles. The molecule has 2 N–H and O–H groups in total. The molecule has 0 aliphatic carbocycles. The molecular formula is C20H34N2O2. The topological polar surface area (TPSA) is 50.4 Å². The number of hydrogen-bond donors (Lipinski definition) is 2. The normalized spacial score (nSPS) is 23.3. The zero-order valence-corrected chi connectivity index (χ0v) is 15.6. The second-order valence-electron chi connectivity index (χ2n) is 6.69. The molecule has 24 heavy (non-hydrogen) atoms. The molecule has 0 aromatic heterocycles. The van der Waals surface area contributed by atoms with Crippen LogP contribution in [0.25, 0.3) is 0 Å². The van der Waals surface area contributed by atoms with Gasteiger partial charge in [0.2, 0.25) is 0 Å². The SMILES string of the molecule is CC(C)OC=O.CCC1CC(NCc2ccccc2)CC(CC)N1. The quantitative estimate of drug-likeness (QED) is 0.747. The Morgan fingerprint density at radius 3 is 2.17 bits per heavy atom. The van der Waals surface area contributed by atoms with Gasteiger partial charge in [0.05, 0.1) is 6.10 Å². The first-order valence-electron chi connectivity index (χ1n) is 9.21. The van der Waals surface area contributed by atoms with E-state index < -0.39 is 0 Å². The van der Waals surface area contributed by atoms with Gasteiger partial charge in [-0.15, -0.1) is 0 Å². The van der Waals surface area contributed by atoms with Gasteiger partial charge in [-0.3, -0.25) is 4.79 Å². The maximum absolute atomic E-state index is 9.39. The van der Waals surface area contributed by atoms with Gasteiger partial charge < -0.3 is 15.4 Å². The predicted octanol–water partition coefficient (Wildman–Crippen LogP) is 3.65. The fourth-order valence-corrected chi connectivity index (χ4v) is 2.96. The lowest BCUT2D eigenvalue weighted by Gasteiger charge is -2.36. The summed E-state index contributed by atoms with van der Waals surface area (Å²) < 4.78 is 4.36. The molecule has 4 heteroatoms. The van der Waals surface area contributed by atoms with Gasteiger partial charge in [0.25, 0.3) is 6.47 Å². The third-order valence-electron chi connectivity index (χ3n) is 4.36. The Morgan fingerprint density at radius 2 is 1.75 bits per heavy atom. The van der Waals surface area contributed by atoms with Gasteiger partial charge in [0, 0.05) is 24.7 Å². The Labute approximate surface area is 147 Å². The highest BCUT2D eigenvalue weighted by Gasteiger charge is 2.25. The summed E-state index contributed by atoms with van der Waals surface area (Å²) >= 11 is 0. The second kappa shape index (κ2) is 12.0. The van der Waals surface area contributed by atoms with Crippen molar-refractivity contribution in [1.82, 2.24) is 10.6 Å². The van der Waals surface area contributed by atoms with Crippen LogP contribution in [0.5, 0.6) is 0 Å². The summed E-state index contributed by atoms with van der Waals surface area (Å²) in [5, 5.41) is 7.47. The summed E-state index contributed by atoms with van der Waals surface area (Å²) in [4.78, 5) is 9.39. The zero-order chi connectivity index (χ0) is 17.8. The van der Waals surface area contributed by atoms with E-state index in [1.807, 2.05) is 0 Å². The van der Waals surface area contributed by atoms with Crippen molar-refractivity contribution in [2.24, 2.45) is 0 Å². The van der Waals surface area contributed by atoms with E-state index in [0.717, 1.165) is 6.54 Å². The molecule has 1 aliphatic heterocycles. The zero-order valence-electron chi connectivity index (χ0n) is 15.6. The summed E-state index contributed by atoms with van der Waals surface area (Å²) in [6.45, 7) is 9.61. The monoisotopic (exact) mass is 334 g/mol. The van der Waals surface area contributed by atoms with Gasteiger partial charge in [0.1, 0.15) is 0 Å². The molecule has 1 saturated heterocycles. The highest BCUT2D eigenvalue weighted by Crippen LogP contribution is 2.18. The molecular weight excluding hydrogens is 300 g/mol. The van der Waals surface area contributed by atoms with Crippen LogP contribution in [0.4, 0.5) is 0 Å². The average molecular weight is 335 g/mol. The molecule has 4 nitrogen and oxygen atoms in total. The lowest BCUT2D eigenvalue weighted by Crippen LogP contribution is -2.50. The Bertz CT molecular complexity index is 425. The van der Waals surface area contributed by atoms with Crippen molar-refractivity contribution in [3.05, 3.63) is 35.9 Å². The Morgan fingerprint density at radius 1 is 1.17 bits per heavy atom.